The third-order valence-electron chi connectivity index (χ3n) is 5.24. The molecule has 0 radical (unpaired) electrons. The number of nitrogens with zero attached hydrogens (tertiary/aromatic N) is 1. The molecule has 1 aromatic heterocycles. The van der Waals surface area contributed by atoms with E-state index in [1.54, 1.807) is 47.0 Å². The molecule has 6 nitrogen and oxygen atoms in total. The summed E-state index contributed by atoms with van der Waals surface area (Å²) in [5.74, 6) is -2.28. The minimum Gasteiger partial charge on any atom is -0.505 e. The zero-order valence-corrected chi connectivity index (χ0v) is 15.8. The first kappa shape index (κ1) is 18.7. The normalized spacial score (nSPS) is 12.6. The maximum atomic E-state index is 13.3. The van der Waals surface area contributed by atoms with E-state index in [-0.39, 0.29) is 45.2 Å². The van der Waals surface area contributed by atoms with Crippen LogP contribution in [0.4, 0.5) is 0 Å². The van der Waals surface area contributed by atoms with E-state index < -0.39 is 11.8 Å². The minimum absolute atomic E-state index is 0.00666. The standard InChI is InChI=1S/C23H19NO5/c1-2-3-12-24-18(13-8-4-7-11-16(13)23(28)29)22(27)17-19(24)21(26)15-10-6-5-9-14(15)20(17)25/h4-11,27H,2-3,12H2,1H3,(H,28,29). The van der Waals surface area contributed by atoms with Gasteiger partial charge in [0.25, 0.3) is 0 Å². The van der Waals surface area contributed by atoms with Crippen LogP contribution in [0.3, 0.4) is 0 Å². The zero-order chi connectivity index (χ0) is 20.7. The number of carbonyl (C=O) groups is 3. The summed E-state index contributed by atoms with van der Waals surface area (Å²) in [5, 5.41) is 20.7. The van der Waals surface area contributed by atoms with Gasteiger partial charge in [-0.25, -0.2) is 4.79 Å². The van der Waals surface area contributed by atoms with Gasteiger partial charge in [-0.2, -0.15) is 0 Å². The number of carboxylic acids is 1. The van der Waals surface area contributed by atoms with Gasteiger partial charge < -0.3 is 14.8 Å². The van der Waals surface area contributed by atoms with Crippen molar-refractivity contribution in [2.75, 3.05) is 0 Å². The van der Waals surface area contributed by atoms with Crippen LogP contribution in [0.25, 0.3) is 11.3 Å². The predicted octanol–water partition coefficient (Wildman–Crippen LogP) is 4.13. The average Bonchev–Trinajstić information content (AvgIpc) is 3.02. The number of aromatic carboxylic acids is 1. The van der Waals surface area contributed by atoms with Crippen molar-refractivity contribution in [1.29, 1.82) is 0 Å². The van der Waals surface area contributed by atoms with Crippen LogP contribution in [0.1, 0.15) is 62.1 Å². The number of unbranched alkanes of at least 4 members (excludes halogenated alkanes) is 1. The van der Waals surface area contributed by atoms with E-state index in [1.807, 2.05) is 6.92 Å². The topological polar surface area (TPSA) is 96.6 Å². The maximum Gasteiger partial charge on any atom is 0.336 e. The van der Waals surface area contributed by atoms with Crippen molar-refractivity contribution in [3.8, 4) is 17.0 Å². The molecule has 3 aromatic rings. The second-order valence-electron chi connectivity index (χ2n) is 6.98. The first-order valence-electron chi connectivity index (χ1n) is 9.43. The molecule has 0 aliphatic heterocycles. The lowest BCUT2D eigenvalue weighted by molar-refractivity contribution is 0.0697. The summed E-state index contributed by atoms with van der Waals surface area (Å²) >= 11 is 0. The highest BCUT2D eigenvalue weighted by Crippen LogP contribution is 2.43. The number of carboxylic acid groups (broad SMARTS) is 1. The lowest BCUT2D eigenvalue weighted by Gasteiger charge is -2.17. The Labute approximate surface area is 167 Å². The van der Waals surface area contributed by atoms with Crippen LogP contribution in [-0.2, 0) is 6.54 Å². The van der Waals surface area contributed by atoms with Gasteiger partial charge in [-0.05, 0) is 12.5 Å². The summed E-state index contributed by atoms with van der Waals surface area (Å²) in [5.41, 5.74) is 1.05. The van der Waals surface area contributed by atoms with Gasteiger partial charge in [0.05, 0.1) is 16.8 Å². The maximum absolute atomic E-state index is 13.3. The van der Waals surface area contributed by atoms with E-state index in [0.29, 0.717) is 18.5 Å². The number of aromatic nitrogens is 1. The molecular formula is C23H19NO5. The molecule has 1 heterocycles. The third kappa shape index (κ3) is 2.76. The first-order valence-corrected chi connectivity index (χ1v) is 9.43. The Morgan fingerprint density at radius 1 is 0.897 bits per heavy atom. The number of fused-ring (bicyclic) bond motifs is 2. The fraction of sp³-hybridized carbons (Fsp3) is 0.174. The largest absolute Gasteiger partial charge is 0.505 e. The smallest absolute Gasteiger partial charge is 0.336 e. The Bertz CT molecular complexity index is 1170. The SMILES string of the molecule is CCCCn1c2c(c(O)c1-c1ccccc1C(=O)O)C(=O)c1ccccc1C2=O. The van der Waals surface area contributed by atoms with E-state index in [4.69, 9.17) is 0 Å². The number of carbonyl (C=O) groups excluding carboxylic acids is 2. The minimum atomic E-state index is -1.15. The molecule has 4 rings (SSSR count). The summed E-state index contributed by atoms with van der Waals surface area (Å²) in [6, 6.07) is 12.8. The van der Waals surface area contributed by atoms with Gasteiger partial charge in [0.15, 0.2) is 11.5 Å². The number of hydrogen-bond acceptors (Lipinski definition) is 4. The van der Waals surface area contributed by atoms with E-state index in [1.165, 1.54) is 6.07 Å². The number of hydrogen-bond donors (Lipinski definition) is 2. The van der Waals surface area contributed by atoms with Crippen LogP contribution < -0.4 is 0 Å². The Hall–Kier alpha value is -3.67. The van der Waals surface area contributed by atoms with Gasteiger partial charge in [-0.15, -0.1) is 0 Å². The molecule has 0 saturated carbocycles. The third-order valence-corrected chi connectivity index (χ3v) is 5.24. The highest BCUT2D eigenvalue weighted by atomic mass is 16.4. The predicted molar refractivity (Wildman–Crippen MR) is 107 cm³/mol. The summed E-state index contributed by atoms with van der Waals surface area (Å²) in [4.78, 5) is 38.1. The molecule has 6 heteroatoms. The van der Waals surface area contributed by atoms with Crippen LogP contribution in [0.5, 0.6) is 5.75 Å². The van der Waals surface area contributed by atoms with Crippen LogP contribution in [0.15, 0.2) is 48.5 Å². The molecule has 146 valence electrons. The molecule has 29 heavy (non-hydrogen) atoms. The Morgan fingerprint density at radius 2 is 1.48 bits per heavy atom. The number of ketones is 2. The number of benzene rings is 2. The number of aromatic hydroxyl groups is 1. The molecule has 0 fully saturated rings. The zero-order valence-electron chi connectivity index (χ0n) is 15.8. The Balaban J connectivity index is 2.06. The van der Waals surface area contributed by atoms with Crippen molar-refractivity contribution in [2.24, 2.45) is 0 Å². The molecular weight excluding hydrogens is 370 g/mol. The van der Waals surface area contributed by atoms with Crippen molar-refractivity contribution >= 4 is 17.5 Å². The van der Waals surface area contributed by atoms with E-state index >= 15 is 0 Å². The lowest BCUT2D eigenvalue weighted by atomic mass is 9.87. The molecule has 0 atom stereocenters. The summed E-state index contributed by atoms with van der Waals surface area (Å²) < 4.78 is 1.60. The fourth-order valence-corrected chi connectivity index (χ4v) is 3.89. The van der Waals surface area contributed by atoms with E-state index in [9.17, 15) is 24.6 Å². The van der Waals surface area contributed by atoms with E-state index in [2.05, 4.69) is 0 Å². The van der Waals surface area contributed by atoms with Crippen molar-refractivity contribution in [3.63, 3.8) is 0 Å². The molecule has 0 saturated heterocycles. The van der Waals surface area contributed by atoms with Crippen LogP contribution in [0.2, 0.25) is 0 Å². The highest BCUT2D eigenvalue weighted by Gasteiger charge is 2.38. The second-order valence-corrected chi connectivity index (χ2v) is 6.98. The fourth-order valence-electron chi connectivity index (χ4n) is 3.89. The molecule has 0 bridgehead atoms. The Morgan fingerprint density at radius 3 is 2.10 bits per heavy atom. The van der Waals surface area contributed by atoms with Crippen LogP contribution in [-0.4, -0.2) is 32.3 Å². The van der Waals surface area contributed by atoms with Gasteiger partial charge in [-0.3, -0.25) is 9.59 Å². The van der Waals surface area contributed by atoms with Crippen molar-refractivity contribution in [2.45, 2.75) is 26.3 Å². The molecule has 0 unspecified atom stereocenters. The van der Waals surface area contributed by atoms with Crippen molar-refractivity contribution in [3.05, 3.63) is 76.5 Å². The van der Waals surface area contributed by atoms with Crippen LogP contribution in [0, 0.1) is 0 Å². The van der Waals surface area contributed by atoms with Gasteiger partial charge in [0.1, 0.15) is 5.69 Å². The average molecular weight is 389 g/mol. The van der Waals surface area contributed by atoms with E-state index in [0.717, 1.165) is 6.42 Å². The van der Waals surface area contributed by atoms with Crippen molar-refractivity contribution < 1.29 is 24.6 Å². The van der Waals surface area contributed by atoms with Gasteiger partial charge >= 0.3 is 5.97 Å². The molecule has 0 spiro atoms. The molecule has 0 amide bonds. The quantitative estimate of drug-likeness (QED) is 0.535. The molecule has 1 aliphatic rings. The molecule has 2 N–H and O–H groups in total. The lowest BCUT2D eigenvalue weighted by Crippen LogP contribution is -2.23. The number of rotatable bonds is 5. The summed E-state index contributed by atoms with van der Waals surface area (Å²) in [7, 11) is 0. The van der Waals surface area contributed by atoms with Crippen LogP contribution >= 0.6 is 0 Å². The summed E-state index contributed by atoms with van der Waals surface area (Å²) in [6.45, 7) is 2.37. The molecule has 1 aliphatic carbocycles. The van der Waals surface area contributed by atoms with Gasteiger partial charge in [0, 0.05) is 23.2 Å². The van der Waals surface area contributed by atoms with Gasteiger partial charge in [0.2, 0.25) is 5.78 Å². The van der Waals surface area contributed by atoms with Crippen molar-refractivity contribution in [1.82, 2.24) is 4.57 Å². The molecule has 2 aromatic carbocycles. The first-order chi connectivity index (χ1) is 14.0. The monoisotopic (exact) mass is 389 g/mol. The van der Waals surface area contributed by atoms with Gasteiger partial charge in [-0.1, -0.05) is 55.8 Å². The highest BCUT2D eigenvalue weighted by molar-refractivity contribution is 6.29. The summed E-state index contributed by atoms with van der Waals surface area (Å²) in [6.07, 6.45) is 1.53. The Kier molecular flexibility index (Phi) is 4.54. The second kappa shape index (κ2) is 7.05.